The number of ether oxygens (including phenoxy) is 3. The molecule has 2 rings (SSSR count). The predicted molar refractivity (Wildman–Crippen MR) is 75.2 cm³/mol. The molecule has 0 radical (unpaired) electrons. The molecule has 1 heterocycles. The summed E-state index contributed by atoms with van der Waals surface area (Å²) in [5.74, 6) is 1.34. The van der Waals surface area contributed by atoms with E-state index in [-0.39, 0.29) is 12.0 Å². The van der Waals surface area contributed by atoms with E-state index >= 15 is 0 Å². The molecule has 0 aromatic heterocycles. The Morgan fingerprint density at radius 2 is 2.30 bits per heavy atom. The highest BCUT2D eigenvalue weighted by atomic mass is 16.5. The third-order valence-electron chi connectivity index (χ3n) is 3.20. The van der Waals surface area contributed by atoms with Gasteiger partial charge in [-0.3, -0.25) is 4.79 Å². The quantitative estimate of drug-likeness (QED) is 0.805. The van der Waals surface area contributed by atoms with E-state index in [0.717, 1.165) is 18.4 Å². The summed E-state index contributed by atoms with van der Waals surface area (Å²) in [7, 11) is 1.61. The fraction of sp³-hybridized carbons (Fsp3) is 0.533. The number of benzene rings is 1. The van der Waals surface area contributed by atoms with E-state index in [0.29, 0.717) is 31.3 Å². The van der Waals surface area contributed by atoms with Crippen LogP contribution in [0.3, 0.4) is 0 Å². The first-order valence-electron chi connectivity index (χ1n) is 6.87. The Balaban J connectivity index is 1.74. The number of rotatable bonds is 6. The highest BCUT2D eigenvalue weighted by Crippen LogP contribution is 2.27. The van der Waals surface area contributed by atoms with Crippen LogP contribution in [0.4, 0.5) is 0 Å². The van der Waals surface area contributed by atoms with Crippen molar-refractivity contribution in [1.29, 1.82) is 0 Å². The van der Waals surface area contributed by atoms with Gasteiger partial charge in [0.25, 0.3) is 0 Å². The van der Waals surface area contributed by atoms with Crippen LogP contribution in [0.5, 0.6) is 11.5 Å². The van der Waals surface area contributed by atoms with Crippen LogP contribution in [0.2, 0.25) is 0 Å². The number of carbonyl (C=O) groups is 1. The molecule has 1 aromatic rings. The van der Waals surface area contributed by atoms with Gasteiger partial charge in [0.15, 0.2) is 11.5 Å². The van der Waals surface area contributed by atoms with Crippen LogP contribution >= 0.6 is 0 Å². The fourth-order valence-electron chi connectivity index (χ4n) is 2.13. The minimum Gasteiger partial charge on any atom is -0.493 e. The highest BCUT2D eigenvalue weighted by Gasteiger charge is 2.22. The summed E-state index contributed by atoms with van der Waals surface area (Å²) < 4.78 is 16.2. The Morgan fingerprint density at radius 1 is 1.45 bits per heavy atom. The lowest BCUT2D eigenvalue weighted by atomic mass is 10.2. The predicted octanol–water partition coefficient (Wildman–Crippen LogP) is 1.68. The molecular weight excluding hydrogens is 258 g/mol. The smallest absolute Gasteiger partial charge is 0.249 e. The van der Waals surface area contributed by atoms with E-state index in [1.807, 2.05) is 25.1 Å². The minimum absolute atomic E-state index is 0.0537. The molecule has 1 fully saturated rings. The van der Waals surface area contributed by atoms with Crippen molar-refractivity contribution in [3.8, 4) is 11.5 Å². The van der Waals surface area contributed by atoms with Crippen LogP contribution in [0.25, 0.3) is 0 Å². The van der Waals surface area contributed by atoms with Crippen molar-refractivity contribution in [2.75, 3.05) is 26.9 Å². The Hall–Kier alpha value is -1.75. The number of hydrogen-bond acceptors (Lipinski definition) is 4. The summed E-state index contributed by atoms with van der Waals surface area (Å²) >= 11 is 0. The number of hydrogen-bond donors (Lipinski definition) is 1. The third-order valence-corrected chi connectivity index (χ3v) is 3.20. The largest absolute Gasteiger partial charge is 0.493 e. The van der Waals surface area contributed by atoms with Gasteiger partial charge in [0.1, 0.15) is 12.7 Å². The van der Waals surface area contributed by atoms with Crippen LogP contribution in [0, 0.1) is 6.92 Å². The first kappa shape index (κ1) is 14.7. The lowest BCUT2D eigenvalue weighted by Gasteiger charge is -2.13. The van der Waals surface area contributed by atoms with Gasteiger partial charge in [0.05, 0.1) is 13.7 Å². The Bertz CT molecular complexity index is 455. The lowest BCUT2D eigenvalue weighted by molar-refractivity contribution is -0.130. The maximum absolute atomic E-state index is 11.7. The van der Waals surface area contributed by atoms with Crippen LogP contribution in [0.1, 0.15) is 18.4 Å². The number of amides is 1. The number of methoxy groups -OCH3 is 1. The van der Waals surface area contributed by atoms with Gasteiger partial charge < -0.3 is 19.5 Å². The van der Waals surface area contributed by atoms with Crippen molar-refractivity contribution in [2.45, 2.75) is 25.9 Å². The molecule has 20 heavy (non-hydrogen) atoms. The molecule has 1 saturated heterocycles. The van der Waals surface area contributed by atoms with E-state index in [9.17, 15) is 4.79 Å². The van der Waals surface area contributed by atoms with Crippen LogP contribution in [0.15, 0.2) is 18.2 Å². The zero-order valence-corrected chi connectivity index (χ0v) is 12.0. The molecule has 1 N–H and O–H groups in total. The van der Waals surface area contributed by atoms with E-state index in [2.05, 4.69) is 5.32 Å². The molecule has 1 atom stereocenters. The number of aryl methyl sites for hydroxylation is 1. The molecule has 0 aliphatic carbocycles. The monoisotopic (exact) mass is 279 g/mol. The van der Waals surface area contributed by atoms with E-state index in [1.165, 1.54) is 0 Å². The SMILES string of the molecule is COc1cc(C)ccc1OCCNC(=O)C1CCCO1. The highest BCUT2D eigenvalue weighted by molar-refractivity contribution is 5.80. The van der Waals surface area contributed by atoms with Gasteiger partial charge >= 0.3 is 0 Å². The second kappa shape index (κ2) is 7.14. The molecule has 1 aliphatic heterocycles. The summed E-state index contributed by atoms with van der Waals surface area (Å²) in [6.45, 7) is 3.52. The van der Waals surface area contributed by atoms with E-state index < -0.39 is 0 Å². The van der Waals surface area contributed by atoms with Gasteiger partial charge in [-0.05, 0) is 37.5 Å². The average Bonchev–Trinajstić information content (AvgIpc) is 2.98. The molecule has 0 saturated carbocycles. The molecule has 1 unspecified atom stereocenters. The zero-order valence-electron chi connectivity index (χ0n) is 12.0. The van der Waals surface area contributed by atoms with Gasteiger partial charge in [0.2, 0.25) is 5.91 Å². The van der Waals surface area contributed by atoms with E-state index in [4.69, 9.17) is 14.2 Å². The first-order valence-corrected chi connectivity index (χ1v) is 6.87. The number of carbonyl (C=O) groups excluding carboxylic acids is 1. The van der Waals surface area contributed by atoms with Crippen molar-refractivity contribution < 1.29 is 19.0 Å². The molecular formula is C15H21NO4. The van der Waals surface area contributed by atoms with Gasteiger partial charge in [-0.2, -0.15) is 0 Å². The standard InChI is InChI=1S/C15H21NO4/c1-11-5-6-12(14(10-11)18-2)20-9-7-16-15(17)13-4-3-8-19-13/h5-6,10,13H,3-4,7-9H2,1-2H3,(H,16,17). The zero-order chi connectivity index (χ0) is 14.4. The maximum atomic E-state index is 11.7. The van der Waals surface area contributed by atoms with Crippen LogP contribution < -0.4 is 14.8 Å². The van der Waals surface area contributed by atoms with Crippen molar-refractivity contribution in [2.24, 2.45) is 0 Å². The molecule has 5 heteroatoms. The van der Waals surface area contributed by atoms with Crippen molar-refractivity contribution in [1.82, 2.24) is 5.32 Å². The Morgan fingerprint density at radius 3 is 3.00 bits per heavy atom. The van der Waals surface area contributed by atoms with E-state index in [1.54, 1.807) is 7.11 Å². The van der Waals surface area contributed by atoms with Gasteiger partial charge in [-0.25, -0.2) is 0 Å². The lowest BCUT2D eigenvalue weighted by Crippen LogP contribution is -2.36. The van der Waals surface area contributed by atoms with Crippen molar-refractivity contribution in [3.05, 3.63) is 23.8 Å². The molecule has 1 aromatic carbocycles. The second-order valence-corrected chi connectivity index (χ2v) is 4.80. The third kappa shape index (κ3) is 3.87. The molecule has 1 aliphatic rings. The summed E-state index contributed by atoms with van der Waals surface area (Å²) in [5, 5.41) is 2.81. The molecule has 0 spiro atoms. The van der Waals surface area contributed by atoms with Crippen LogP contribution in [-0.4, -0.2) is 38.9 Å². The summed E-state index contributed by atoms with van der Waals surface area (Å²) in [6.07, 6.45) is 1.47. The molecule has 0 bridgehead atoms. The average molecular weight is 279 g/mol. The van der Waals surface area contributed by atoms with Crippen molar-refractivity contribution >= 4 is 5.91 Å². The molecule has 1 amide bonds. The summed E-state index contributed by atoms with van der Waals surface area (Å²) in [6, 6.07) is 5.75. The Labute approximate surface area is 119 Å². The van der Waals surface area contributed by atoms with Gasteiger partial charge in [0, 0.05) is 6.61 Å². The fourth-order valence-corrected chi connectivity index (χ4v) is 2.13. The van der Waals surface area contributed by atoms with Crippen molar-refractivity contribution in [3.63, 3.8) is 0 Å². The topological polar surface area (TPSA) is 56.8 Å². The normalized spacial score (nSPS) is 17.8. The maximum Gasteiger partial charge on any atom is 0.249 e. The Kier molecular flexibility index (Phi) is 5.24. The minimum atomic E-state index is -0.288. The second-order valence-electron chi connectivity index (χ2n) is 4.80. The summed E-state index contributed by atoms with van der Waals surface area (Å²) in [4.78, 5) is 11.7. The molecule has 5 nitrogen and oxygen atoms in total. The van der Waals surface area contributed by atoms with Gasteiger partial charge in [-0.15, -0.1) is 0 Å². The van der Waals surface area contributed by atoms with Gasteiger partial charge in [-0.1, -0.05) is 6.07 Å². The number of nitrogens with one attached hydrogen (secondary N) is 1. The molecule has 110 valence electrons. The summed E-state index contributed by atoms with van der Waals surface area (Å²) in [5.41, 5.74) is 1.11. The van der Waals surface area contributed by atoms with Crippen LogP contribution in [-0.2, 0) is 9.53 Å². The first-order chi connectivity index (χ1) is 9.70.